The molecule has 4 heteroatoms. The monoisotopic (exact) mass is 277 g/mol. The van der Waals surface area contributed by atoms with Gasteiger partial charge in [-0.3, -0.25) is 4.79 Å². The van der Waals surface area contributed by atoms with Gasteiger partial charge >= 0.3 is 5.97 Å². The molecule has 0 spiro atoms. The first-order chi connectivity index (χ1) is 9.64. The lowest BCUT2D eigenvalue weighted by molar-refractivity contribution is -0.156. The molecule has 1 fully saturated rings. The molecule has 1 saturated carbocycles. The maximum absolute atomic E-state index is 11.9. The number of aliphatic carboxylic acids is 1. The summed E-state index contributed by atoms with van der Waals surface area (Å²) in [6.45, 7) is 0.279. The van der Waals surface area contributed by atoms with Crippen molar-refractivity contribution in [2.45, 2.75) is 31.6 Å². The van der Waals surface area contributed by atoms with Crippen LogP contribution < -0.4 is 5.32 Å². The summed E-state index contributed by atoms with van der Waals surface area (Å²) in [7, 11) is 3.46. The number of carbonyl (C=O) groups is 1. The number of carboxylic acid groups (broad SMARTS) is 1. The number of carboxylic acids is 1. The molecular formula is C16H23NO3. The molecule has 0 amide bonds. The third-order valence-corrected chi connectivity index (χ3v) is 4.46. The molecule has 1 aliphatic carbocycles. The van der Waals surface area contributed by atoms with Crippen LogP contribution in [0.3, 0.4) is 0 Å². The van der Waals surface area contributed by atoms with Crippen molar-refractivity contribution in [1.29, 1.82) is 0 Å². The molecular weight excluding hydrogens is 254 g/mol. The van der Waals surface area contributed by atoms with Crippen LogP contribution in [0.5, 0.6) is 0 Å². The number of hydrogen-bond donors (Lipinski definition) is 2. The average Bonchev–Trinajstić information content (AvgIpc) is 2.48. The second kappa shape index (κ2) is 6.27. The number of methoxy groups -OCH3 is 1. The van der Waals surface area contributed by atoms with Gasteiger partial charge in [0.15, 0.2) is 0 Å². The molecule has 2 atom stereocenters. The van der Waals surface area contributed by atoms with Crippen LogP contribution in [0.25, 0.3) is 0 Å². The van der Waals surface area contributed by atoms with Crippen LogP contribution in [-0.2, 0) is 9.53 Å². The summed E-state index contributed by atoms with van der Waals surface area (Å²) in [6.07, 6.45) is 3.64. The van der Waals surface area contributed by atoms with Crippen molar-refractivity contribution >= 4 is 11.7 Å². The van der Waals surface area contributed by atoms with E-state index in [0.29, 0.717) is 6.42 Å². The second-order valence-corrected chi connectivity index (χ2v) is 5.56. The molecule has 2 unspecified atom stereocenters. The van der Waals surface area contributed by atoms with Crippen LogP contribution in [0.2, 0.25) is 0 Å². The van der Waals surface area contributed by atoms with Gasteiger partial charge < -0.3 is 15.2 Å². The number of hydrogen-bond acceptors (Lipinski definition) is 3. The summed E-state index contributed by atoms with van der Waals surface area (Å²) in [5.41, 5.74) is 1.36. The van der Waals surface area contributed by atoms with Crippen molar-refractivity contribution in [3.05, 3.63) is 29.8 Å². The fourth-order valence-corrected chi connectivity index (χ4v) is 3.36. The van der Waals surface area contributed by atoms with Gasteiger partial charge in [-0.25, -0.2) is 0 Å². The molecule has 0 heterocycles. The quantitative estimate of drug-likeness (QED) is 0.868. The van der Waals surface area contributed by atoms with Gasteiger partial charge in [0.2, 0.25) is 0 Å². The molecule has 20 heavy (non-hydrogen) atoms. The summed E-state index contributed by atoms with van der Waals surface area (Å²) in [4.78, 5) is 11.9. The van der Waals surface area contributed by atoms with Crippen LogP contribution in [0.1, 0.15) is 37.2 Å². The summed E-state index contributed by atoms with van der Waals surface area (Å²) in [5.74, 6) is -0.707. The minimum absolute atomic E-state index is 0.0274. The second-order valence-electron chi connectivity index (χ2n) is 5.56. The standard InChI is InChI=1S/C16H23NO3/c1-17-13-8-6-12(7-9-13)14-5-3-4-10-16(14,11-20-2)15(18)19/h6-9,14,17H,3-5,10-11H2,1-2H3,(H,18,19). The Morgan fingerprint density at radius 2 is 2.10 bits per heavy atom. The molecule has 2 rings (SSSR count). The first-order valence-corrected chi connectivity index (χ1v) is 7.14. The third kappa shape index (κ3) is 2.66. The topological polar surface area (TPSA) is 58.6 Å². The number of anilines is 1. The van der Waals surface area contributed by atoms with Gasteiger partial charge in [-0.15, -0.1) is 0 Å². The Kier molecular flexibility index (Phi) is 4.65. The lowest BCUT2D eigenvalue weighted by Gasteiger charge is -2.40. The molecule has 0 aliphatic heterocycles. The number of rotatable bonds is 5. The van der Waals surface area contributed by atoms with E-state index >= 15 is 0 Å². The Labute approximate surface area is 120 Å². The van der Waals surface area contributed by atoms with Gasteiger partial charge in [0.05, 0.1) is 12.0 Å². The van der Waals surface area contributed by atoms with E-state index in [9.17, 15) is 9.90 Å². The highest BCUT2D eigenvalue weighted by molar-refractivity contribution is 5.76. The number of nitrogens with one attached hydrogen (secondary N) is 1. The predicted octanol–water partition coefficient (Wildman–Crippen LogP) is 3.10. The summed E-state index contributed by atoms with van der Waals surface area (Å²) in [5, 5.41) is 12.8. The Morgan fingerprint density at radius 3 is 2.65 bits per heavy atom. The van der Waals surface area contributed by atoms with Crippen LogP contribution in [-0.4, -0.2) is 31.8 Å². The minimum atomic E-state index is -0.784. The first-order valence-electron chi connectivity index (χ1n) is 7.14. The van der Waals surface area contributed by atoms with Gasteiger partial charge in [-0.05, 0) is 30.5 Å². The minimum Gasteiger partial charge on any atom is -0.481 e. The van der Waals surface area contributed by atoms with Crippen LogP contribution in [0.4, 0.5) is 5.69 Å². The highest BCUT2D eigenvalue weighted by atomic mass is 16.5. The van der Waals surface area contributed by atoms with Crippen molar-refractivity contribution in [3.8, 4) is 0 Å². The predicted molar refractivity (Wildman–Crippen MR) is 79.1 cm³/mol. The molecule has 110 valence electrons. The first kappa shape index (κ1) is 14.9. The largest absolute Gasteiger partial charge is 0.481 e. The van der Waals surface area contributed by atoms with Gasteiger partial charge in [0, 0.05) is 25.8 Å². The van der Waals surface area contributed by atoms with Crippen molar-refractivity contribution < 1.29 is 14.6 Å². The molecule has 1 aromatic rings. The molecule has 0 saturated heterocycles. The molecule has 0 radical (unpaired) electrons. The summed E-state index contributed by atoms with van der Waals surface area (Å²) in [6, 6.07) is 8.08. The van der Waals surface area contributed by atoms with Gasteiger partial charge in [0.1, 0.15) is 0 Å². The smallest absolute Gasteiger partial charge is 0.312 e. The SMILES string of the molecule is CNc1ccc(C2CCCCC2(COC)C(=O)O)cc1. The third-order valence-electron chi connectivity index (χ3n) is 4.46. The van der Waals surface area contributed by atoms with E-state index in [-0.39, 0.29) is 12.5 Å². The van der Waals surface area contributed by atoms with Crippen molar-refractivity contribution in [3.63, 3.8) is 0 Å². The Balaban J connectivity index is 2.35. The normalized spacial score (nSPS) is 26.2. The average molecular weight is 277 g/mol. The zero-order chi connectivity index (χ0) is 14.6. The fraction of sp³-hybridized carbons (Fsp3) is 0.562. The van der Waals surface area contributed by atoms with E-state index in [1.807, 2.05) is 31.3 Å². The molecule has 1 aromatic carbocycles. The van der Waals surface area contributed by atoms with Crippen molar-refractivity contribution in [2.24, 2.45) is 5.41 Å². The lowest BCUT2D eigenvalue weighted by atomic mass is 9.64. The van der Waals surface area contributed by atoms with E-state index in [1.54, 1.807) is 7.11 Å². The zero-order valence-corrected chi connectivity index (χ0v) is 12.2. The van der Waals surface area contributed by atoms with E-state index in [2.05, 4.69) is 5.32 Å². The highest BCUT2D eigenvalue weighted by Gasteiger charge is 2.47. The van der Waals surface area contributed by atoms with Crippen molar-refractivity contribution in [1.82, 2.24) is 0 Å². The van der Waals surface area contributed by atoms with Gasteiger partial charge in [0.25, 0.3) is 0 Å². The van der Waals surface area contributed by atoms with E-state index in [1.165, 1.54) is 0 Å². The van der Waals surface area contributed by atoms with Crippen molar-refractivity contribution in [2.75, 3.05) is 26.1 Å². The van der Waals surface area contributed by atoms with E-state index in [0.717, 1.165) is 30.5 Å². The maximum Gasteiger partial charge on any atom is 0.312 e. The maximum atomic E-state index is 11.9. The van der Waals surface area contributed by atoms with E-state index < -0.39 is 11.4 Å². The highest BCUT2D eigenvalue weighted by Crippen LogP contribution is 2.48. The Bertz CT molecular complexity index is 453. The van der Waals surface area contributed by atoms with Gasteiger partial charge in [-0.1, -0.05) is 25.0 Å². The van der Waals surface area contributed by atoms with E-state index in [4.69, 9.17) is 4.74 Å². The Morgan fingerprint density at radius 1 is 1.40 bits per heavy atom. The molecule has 1 aliphatic rings. The Hall–Kier alpha value is -1.55. The lowest BCUT2D eigenvalue weighted by Crippen LogP contribution is -2.43. The van der Waals surface area contributed by atoms with Crippen LogP contribution in [0, 0.1) is 5.41 Å². The molecule has 0 aromatic heterocycles. The summed E-state index contributed by atoms with van der Waals surface area (Å²) < 4.78 is 5.25. The summed E-state index contributed by atoms with van der Waals surface area (Å²) >= 11 is 0. The van der Waals surface area contributed by atoms with Crippen LogP contribution in [0.15, 0.2) is 24.3 Å². The molecule has 4 nitrogen and oxygen atoms in total. The molecule has 2 N–H and O–H groups in total. The van der Waals surface area contributed by atoms with Crippen LogP contribution >= 0.6 is 0 Å². The number of ether oxygens (including phenoxy) is 1. The fourth-order valence-electron chi connectivity index (χ4n) is 3.36. The molecule has 0 bridgehead atoms. The zero-order valence-electron chi connectivity index (χ0n) is 12.2. The number of benzene rings is 1. The van der Waals surface area contributed by atoms with Gasteiger partial charge in [-0.2, -0.15) is 0 Å².